The summed E-state index contributed by atoms with van der Waals surface area (Å²) in [5.74, 6) is 1.02. The highest BCUT2D eigenvalue weighted by Gasteiger charge is 2.66. The van der Waals surface area contributed by atoms with E-state index in [1.807, 2.05) is 29.2 Å². The average Bonchev–Trinajstić information content (AvgIpc) is 3.33. The van der Waals surface area contributed by atoms with Crippen LogP contribution in [0, 0.1) is 12.3 Å². The molecule has 1 N–H and O–H groups in total. The van der Waals surface area contributed by atoms with Crippen LogP contribution in [-0.4, -0.2) is 80.4 Å². The van der Waals surface area contributed by atoms with Gasteiger partial charge >= 0.3 is 18.0 Å². The first-order chi connectivity index (χ1) is 16.4. The van der Waals surface area contributed by atoms with Gasteiger partial charge in [-0.3, -0.25) is 4.90 Å². The third kappa shape index (κ3) is 3.15. The van der Waals surface area contributed by atoms with Crippen molar-refractivity contribution in [3.8, 4) is 12.3 Å². The molecule has 4 rings (SSSR count). The SMILES string of the molecule is C#CCCOC(=O)N1C2=NC(C(=O)OC)=C(C(=O)OC)C3N(C)c4ccccc4[C@]23CC1CO. The molecule has 0 aromatic heterocycles. The number of benzene rings is 1. The third-order valence-electron chi connectivity index (χ3n) is 6.58. The van der Waals surface area contributed by atoms with E-state index in [0.29, 0.717) is 0 Å². The van der Waals surface area contributed by atoms with E-state index in [1.165, 1.54) is 19.1 Å². The number of aliphatic imine (C=N–C) groups is 1. The zero-order valence-electron chi connectivity index (χ0n) is 19.1. The molecule has 1 spiro atoms. The standard InChI is InChI=1S/C24H25N3O7/c1-5-6-11-34-23(31)27-14(13-28)12-24-15-9-7-8-10-16(15)26(2)19(24)17(20(29)32-3)18(21(30)33-4)25-22(24)27/h1,7-10,14,19,28H,6,11-13H2,2-4H3/t14?,19?,24-/m0/s1. The van der Waals surface area contributed by atoms with Crippen LogP contribution in [0.1, 0.15) is 18.4 Å². The fraction of sp³-hybridized carbons (Fsp3) is 0.417. The Kier molecular flexibility index (Phi) is 6.06. The zero-order chi connectivity index (χ0) is 24.6. The molecular weight excluding hydrogens is 442 g/mol. The van der Waals surface area contributed by atoms with Crippen LogP contribution in [0.5, 0.6) is 0 Å². The van der Waals surface area contributed by atoms with E-state index in [9.17, 15) is 19.5 Å². The van der Waals surface area contributed by atoms with Gasteiger partial charge in [-0.05, 0) is 18.1 Å². The number of anilines is 1. The van der Waals surface area contributed by atoms with Crippen molar-refractivity contribution in [1.82, 2.24) is 4.90 Å². The molecule has 3 aliphatic rings. The monoisotopic (exact) mass is 467 g/mol. The number of likely N-dealkylation sites (tertiary alicyclic amines) is 1. The van der Waals surface area contributed by atoms with Crippen molar-refractivity contribution in [2.45, 2.75) is 30.3 Å². The lowest BCUT2D eigenvalue weighted by atomic mass is 9.69. The molecule has 1 aromatic carbocycles. The Morgan fingerprint density at radius 1 is 1.24 bits per heavy atom. The smallest absolute Gasteiger partial charge is 0.415 e. The number of ether oxygens (including phenoxy) is 3. The van der Waals surface area contributed by atoms with Gasteiger partial charge in [0.1, 0.15) is 12.4 Å². The van der Waals surface area contributed by atoms with E-state index in [-0.39, 0.29) is 43.2 Å². The number of amides is 1. The molecule has 3 aliphatic heterocycles. The number of carbonyl (C=O) groups excluding carboxylic acids is 3. The number of methoxy groups -OCH3 is 2. The largest absolute Gasteiger partial charge is 0.466 e. The molecule has 3 heterocycles. The molecule has 0 aliphatic carbocycles. The van der Waals surface area contributed by atoms with Gasteiger partial charge in [-0.25, -0.2) is 19.4 Å². The van der Waals surface area contributed by atoms with E-state index in [1.54, 1.807) is 7.05 Å². The minimum Gasteiger partial charge on any atom is -0.466 e. The summed E-state index contributed by atoms with van der Waals surface area (Å²) in [6, 6.07) is 6.02. The van der Waals surface area contributed by atoms with Crippen LogP contribution < -0.4 is 4.90 Å². The highest BCUT2D eigenvalue weighted by molar-refractivity contribution is 6.15. The van der Waals surface area contributed by atoms with Gasteiger partial charge in [-0.1, -0.05) is 18.2 Å². The van der Waals surface area contributed by atoms with Crippen LogP contribution in [0.2, 0.25) is 0 Å². The molecule has 2 unspecified atom stereocenters. The lowest BCUT2D eigenvalue weighted by Crippen LogP contribution is -2.55. The van der Waals surface area contributed by atoms with E-state index in [2.05, 4.69) is 10.9 Å². The number of fused-ring (bicyclic) bond motifs is 1. The van der Waals surface area contributed by atoms with Gasteiger partial charge in [0.25, 0.3) is 0 Å². The molecule has 178 valence electrons. The second-order valence-corrected chi connectivity index (χ2v) is 8.16. The fourth-order valence-electron chi connectivity index (χ4n) is 5.29. The molecule has 0 radical (unpaired) electrons. The number of carbonyl (C=O) groups is 3. The van der Waals surface area contributed by atoms with Crippen molar-refractivity contribution in [2.75, 3.05) is 39.4 Å². The Morgan fingerprint density at radius 2 is 1.94 bits per heavy atom. The first-order valence-electron chi connectivity index (χ1n) is 10.7. The summed E-state index contributed by atoms with van der Waals surface area (Å²) < 4.78 is 15.3. The summed E-state index contributed by atoms with van der Waals surface area (Å²) in [5.41, 5.74) is 0.349. The Labute approximate surface area is 196 Å². The number of aliphatic hydroxyl groups excluding tert-OH is 1. The molecule has 10 nitrogen and oxygen atoms in total. The van der Waals surface area contributed by atoms with Gasteiger partial charge in [-0.15, -0.1) is 12.3 Å². The third-order valence-corrected chi connectivity index (χ3v) is 6.58. The van der Waals surface area contributed by atoms with Crippen molar-refractivity contribution in [3.05, 3.63) is 41.1 Å². The number of terminal acetylenes is 1. The molecule has 0 saturated carbocycles. The number of hydrogen-bond acceptors (Lipinski definition) is 9. The average molecular weight is 467 g/mol. The zero-order valence-corrected chi connectivity index (χ0v) is 19.1. The molecule has 1 fully saturated rings. The molecule has 34 heavy (non-hydrogen) atoms. The highest BCUT2D eigenvalue weighted by Crippen LogP contribution is 2.57. The van der Waals surface area contributed by atoms with Crippen molar-refractivity contribution in [1.29, 1.82) is 0 Å². The maximum atomic E-state index is 13.1. The summed E-state index contributed by atoms with van der Waals surface area (Å²) in [6.07, 6.45) is 4.98. The number of nitrogens with zero attached hydrogens (tertiary/aromatic N) is 3. The van der Waals surface area contributed by atoms with Gasteiger partial charge < -0.3 is 24.2 Å². The number of rotatable bonds is 5. The van der Waals surface area contributed by atoms with E-state index in [0.717, 1.165) is 11.3 Å². The van der Waals surface area contributed by atoms with Gasteiger partial charge in [-0.2, -0.15) is 0 Å². The maximum absolute atomic E-state index is 13.1. The number of aliphatic hydroxyl groups is 1. The topological polar surface area (TPSA) is 118 Å². The van der Waals surface area contributed by atoms with E-state index in [4.69, 9.17) is 20.6 Å². The van der Waals surface area contributed by atoms with Gasteiger partial charge in [0.2, 0.25) is 0 Å². The molecule has 0 bridgehead atoms. The van der Waals surface area contributed by atoms with Crippen LogP contribution in [0.4, 0.5) is 10.5 Å². The molecule has 3 atom stereocenters. The van der Waals surface area contributed by atoms with Crippen molar-refractivity contribution in [3.63, 3.8) is 0 Å². The predicted molar refractivity (Wildman–Crippen MR) is 121 cm³/mol. The normalized spacial score (nSPS) is 24.5. The summed E-state index contributed by atoms with van der Waals surface area (Å²) in [5, 5.41) is 10.2. The Bertz CT molecular complexity index is 1150. The fourth-order valence-corrected chi connectivity index (χ4v) is 5.29. The number of amidine groups is 1. The summed E-state index contributed by atoms with van der Waals surface area (Å²) in [4.78, 5) is 46.6. The second kappa shape index (κ2) is 8.83. The van der Waals surface area contributed by atoms with Crippen LogP contribution in [0.3, 0.4) is 0 Å². The lowest BCUT2D eigenvalue weighted by molar-refractivity contribution is -0.139. The second-order valence-electron chi connectivity index (χ2n) is 8.16. The van der Waals surface area contributed by atoms with Gasteiger partial charge in [0.15, 0.2) is 5.70 Å². The Hall–Kier alpha value is -3.84. The minimum absolute atomic E-state index is 0.0166. The van der Waals surface area contributed by atoms with Crippen LogP contribution in [-0.2, 0) is 29.2 Å². The van der Waals surface area contributed by atoms with E-state index >= 15 is 0 Å². The lowest BCUT2D eigenvalue weighted by Gasteiger charge is -2.39. The maximum Gasteiger partial charge on any atom is 0.415 e. The van der Waals surface area contributed by atoms with Crippen molar-refractivity contribution in [2.24, 2.45) is 4.99 Å². The Balaban J connectivity index is 1.99. The molecule has 1 aromatic rings. The summed E-state index contributed by atoms with van der Waals surface area (Å²) in [6.45, 7) is -0.401. The van der Waals surface area contributed by atoms with E-state index < -0.39 is 35.5 Å². The van der Waals surface area contributed by atoms with Gasteiger partial charge in [0.05, 0.1) is 43.9 Å². The minimum atomic E-state index is -1.02. The van der Waals surface area contributed by atoms with Crippen molar-refractivity contribution < 1.29 is 33.7 Å². The molecular formula is C24H25N3O7. The number of hydrogen-bond donors (Lipinski definition) is 1. The van der Waals surface area contributed by atoms with Crippen LogP contribution >= 0.6 is 0 Å². The molecule has 10 heteroatoms. The number of likely N-dealkylation sites (N-methyl/N-ethyl adjacent to an activating group) is 1. The quantitative estimate of drug-likeness (QED) is 0.295. The van der Waals surface area contributed by atoms with Crippen LogP contribution in [0.25, 0.3) is 0 Å². The summed E-state index contributed by atoms with van der Waals surface area (Å²) >= 11 is 0. The first-order valence-corrected chi connectivity index (χ1v) is 10.7. The Morgan fingerprint density at radius 3 is 2.59 bits per heavy atom. The van der Waals surface area contributed by atoms with Crippen LogP contribution in [0.15, 0.2) is 40.5 Å². The summed E-state index contributed by atoms with van der Waals surface area (Å²) in [7, 11) is 4.19. The van der Waals surface area contributed by atoms with Gasteiger partial charge in [0, 0.05) is 19.2 Å². The number of esters is 2. The predicted octanol–water partition coefficient (Wildman–Crippen LogP) is 0.981. The molecule has 1 amide bonds. The highest BCUT2D eigenvalue weighted by atomic mass is 16.6. The van der Waals surface area contributed by atoms with Crippen molar-refractivity contribution >= 4 is 29.6 Å². The molecule has 1 saturated heterocycles. The number of para-hydroxylation sites is 1. The first kappa shape index (κ1) is 23.3.